The summed E-state index contributed by atoms with van der Waals surface area (Å²) in [5.41, 5.74) is 3.75. The third-order valence-corrected chi connectivity index (χ3v) is 5.16. The van der Waals surface area contributed by atoms with E-state index < -0.39 is 0 Å². The summed E-state index contributed by atoms with van der Waals surface area (Å²) in [5.74, 6) is 0.788. The molecule has 4 heteroatoms. The van der Waals surface area contributed by atoms with Crippen molar-refractivity contribution < 1.29 is 4.79 Å². The number of likely N-dealkylation sites (tertiary alicyclic amines) is 1. The van der Waals surface area contributed by atoms with E-state index in [4.69, 9.17) is 0 Å². The van der Waals surface area contributed by atoms with E-state index in [0.717, 1.165) is 44.5 Å². The van der Waals surface area contributed by atoms with E-state index in [9.17, 15) is 4.79 Å². The van der Waals surface area contributed by atoms with Gasteiger partial charge >= 0.3 is 0 Å². The van der Waals surface area contributed by atoms with E-state index in [2.05, 4.69) is 39.1 Å². The number of nitrogens with zero attached hydrogens (tertiary/aromatic N) is 3. The average Bonchev–Trinajstić information content (AvgIpc) is 3.06. The van der Waals surface area contributed by atoms with Crippen molar-refractivity contribution in [2.24, 2.45) is 5.92 Å². The molecule has 0 saturated carbocycles. The lowest BCUT2D eigenvalue weighted by atomic mass is 9.93. The van der Waals surface area contributed by atoms with Gasteiger partial charge in [-0.1, -0.05) is 24.3 Å². The Kier molecular flexibility index (Phi) is 3.82. The molecule has 118 valence electrons. The fraction of sp³-hybridized carbons (Fsp3) is 0.421. The summed E-state index contributed by atoms with van der Waals surface area (Å²) in [6.07, 6.45) is 7.33. The first-order chi connectivity index (χ1) is 11.3. The summed E-state index contributed by atoms with van der Waals surface area (Å²) < 4.78 is 0. The second-order valence-electron chi connectivity index (χ2n) is 6.63. The lowest BCUT2D eigenvalue weighted by Gasteiger charge is -2.34. The molecule has 0 unspecified atom stereocenters. The molecule has 23 heavy (non-hydrogen) atoms. The van der Waals surface area contributed by atoms with Crippen molar-refractivity contribution >= 4 is 5.91 Å². The Morgan fingerprint density at radius 3 is 2.61 bits per heavy atom. The summed E-state index contributed by atoms with van der Waals surface area (Å²) >= 11 is 0. The number of aromatic nitrogens is 2. The summed E-state index contributed by atoms with van der Waals surface area (Å²) in [6.45, 7) is 1.68. The number of hydrogen-bond acceptors (Lipinski definition) is 3. The SMILES string of the molecule is O=C(C1Cc2ccccc2C1)N1CCC[C@H](c2ccncn2)C1. The molecule has 1 fully saturated rings. The first kappa shape index (κ1) is 14.4. The highest BCUT2D eigenvalue weighted by Crippen LogP contribution is 2.31. The lowest BCUT2D eigenvalue weighted by molar-refractivity contribution is -0.136. The van der Waals surface area contributed by atoms with Crippen LogP contribution in [0.25, 0.3) is 0 Å². The molecule has 2 aliphatic rings. The molecule has 0 N–H and O–H groups in total. The van der Waals surface area contributed by atoms with Crippen LogP contribution in [-0.2, 0) is 17.6 Å². The van der Waals surface area contributed by atoms with Crippen molar-refractivity contribution in [3.05, 3.63) is 59.7 Å². The average molecular weight is 307 g/mol. The van der Waals surface area contributed by atoms with E-state index in [0.29, 0.717) is 11.8 Å². The molecule has 0 spiro atoms. The van der Waals surface area contributed by atoms with Gasteiger partial charge in [-0.25, -0.2) is 9.97 Å². The van der Waals surface area contributed by atoms with Crippen molar-refractivity contribution in [2.45, 2.75) is 31.6 Å². The number of carbonyl (C=O) groups excluding carboxylic acids is 1. The van der Waals surface area contributed by atoms with Crippen LogP contribution < -0.4 is 0 Å². The molecule has 0 radical (unpaired) electrons. The number of fused-ring (bicyclic) bond motifs is 1. The van der Waals surface area contributed by atoms with Crippen molar-refractivity contribution in [3.63, 3.8) is 0 Å². The van der Waals surface area contributed by atoms with Crippen LogP contribution in [0.5, 0.6) is 0 Å². The predicted molar refractivity (Wildman–Crippen MR) is 87.9 cm³/mol. The molecule has 2 aromatic rings. The van der Waals surface area contributed by atoms with Gasteiger partial charge in [-0.05, 0) is 42.9 Å². The fourth-order valence-electron chi connectivity index (χ4n) is 3.95. The molecule has 4 rings (SSSR count). The summed E-state index contributed by atoms with van der Waals surface area (Å²) in [7, 11) is 0. The topological polar surface area (TPSA) is 46.1 Å². The molecule has 1 amide bonds. The molecule has 1 aromatic heterocycles. The van der Waals surface area contributed by atoms with E-state index >= 15 is 0 Å². The largest absolute Gasteiger partial charge is 0.342 e. The number of carbonyl (C=O) groups is 1. The van der Waals surface area contributed by atoms with Crippen LogP contribution in [0.2, 0.25) is 0 Å². The Morgan fingerprint density at radius 2 is 1.91 bits per heavy atom. The van der Waals surface area contributed by atoms with Gasteiger partial charge < -0.3 is 4.90 Å². The highest BCUT2D eigenvalue weighted by atomic mass is 16.2. The lowest BCUT2D eigenvalue weighted by Crippen LogP contribution is -2.42. The first-order valence-electron chi connectivity index (χ1n) is 8.43. The van der Waals surface area contributed by atoms with E-state index in [1.165, 1.54) is 11.1 Å². The maximum absolute atomic E-state index is 12.9. The normalized spacial score (nSPS) is 21.2. The van der Waals surface area contributed by atoms with E-state index in [1.54, 1.807) is 12.5 Å². The number of amides is 1. The van der Waals surface area contributed by atoms with Crippen LogP contribution in [0, 0.1) is 5.92 Å². The van der Waals surface area contributed by atoms with Gasteiger partial charge in [-0.3, -0.25) is 4.79 Å². The molecule has 1 aromatic carbocycles. The van der Waals surface area contributed by atoms with E-state index in [1.807, 2.05) is 6.07 Å². The maximum atomic E-state index is 12.9. The quantitative estimate of drug-likeness (QED) is 0.857. The predicted octanol–water partition coefficient (Wildman–Crippen LogP) is 2.60. The maximum Gasteiger partial charge on any atom is 0.226 e. The number of piperidine rings is 1. The number of rotatable bonds is 2. The molecule has 4 nitrogen and oxygen atoms in total. The second-order valence-corrected chi connectivity index (χ2v) is 6.63. The number of hydrogen-bond donors (Lipinski definition) is 0. The van der Waals surface area contributed by atoms with Gasteiger partial charge in [0.05, 0.1) is 0 Å². The van der Waals surface area contributed by atoms with Crippen LogP contribution in [0.3, 0.4) is 0 Å². The molecule has 0 bridgehead atoms. The summed E-state index contributed by atoms with van der Waals surface area (Å²) in [5, 5.41) is 0. The van der Waals surface area contributed by atoms with Crippen LogP contribution >= 0.6 is 0 Å². The third-order valence-electron chi connectivity index (χ3n) is 5.16. The Labute approximate surface area is 136 Å². The highest BCUT2D eigenvalue weighted by molar-refractivity contribution is 5.80. The monoisotopic (exact) mass is 307 g/mol. The van der Waals surface area contributed by atoms with Gasteiger partial charge in [0.15, 0.2) is 0 Å². The fourth-order valence-corrected chi connectivity index (χ4v) is 3.95. The molecule has 1 aliphatic heterocycles. The van der Waals surface area contributed by atoms with Gasteiger partial charge in [0.2, 0.25) is 5.91 Å². The molecule has 1 aliphatic carbocycles. The zero-order chi connectivity index (χ0) is 15.6. The second kappa shape index (κ2) is 6.11. The zero-order valence-electron chi connectivity index (χ0n) is 13.2. The third kappa shape index (κ3) is 2.85. The van der Waals surface area contributed by atoms with Crippen LogP contribution in [0.4, 0.5) is 0 Å². The van der Waals surface area contributed by atoms with Crippen molar-refractivity contribution in [1.82, 2.24) is 14.9 Å². The molecular formula is C19H21N3O. The zero-order valence-corrected chi connectivity index (χ0v) is 13.2. The minimum Gasteiger partial charge on any atom is -0.342 e. The van der Waals surface area contributed by atoms with Crippen LogP contribution in [0.15, 0.2) is 42.9 Å². The molecule has 2 heterocycles. The standard InChI is InChI=1S/C19H21N3O/c23-19(17-10-14-4-1-2-5-15(14)11-17)22-9-3-6-16(12-22)18-7-8-20-13-21-18/h1-2,4-5,7-8,13,16-17H,3,6,9-12H2/t16-/m0/s1. The Morgan fingerprint density at radius 1 is 1.13 bits per heavy atom. The van der Waals surface area contributed by atoms with Gasteiger partial charge in [-0.2, -0.15) is 0 Å². The van der Waals surface area contributed by atoms with Gasteiger partial charge in [-0.15, -0.1) is 0 Å². The highest BCUT2D eigenvalue weighted by Gasteiger charge is 2.33. The molecule has 1 atom stereocenters. The Balaban J connectivity index is 1.45. The van der Waals surface area contributed by atoms with Gasteiger partial charge in [0, 0.05) is 36.8 Å². The van der Waals surface area contributed by atoms with E-state index in [-0.39, 0.29) is 5.92 Å². The van der Waals surface area contributed by atoms with Crippen molar-refractivity contribution in [3.8, 4) is 0 Å². The summed E-state index contributed by atoms with van der Waals surface area (Å²) in [6, 6.07) is 10.4. The Hall–Kier alpha value is -2.23. The Bertz CT molecular complexity index is 676. The van der Waals surface area contributed by atoms with Gasteiger partial charge in [0.1, 0.15) is 6.33 Å². The van der Waals surface area contributed by atoms with Crippen LogP contribution in [-0.4, -0.2) is 33.9 Å². The van der Waals surface area contributed by atoms with Crippen LogP contribution in [0.1, 0.15) is 35.6 Å². The molecule has 1 saturated heterocycles. The minimum atomic E-state index is 0.122. The summed E-state index contributed by atoms with van der Waals surface area (Å²) in [4.78, 5) is 23.4. The van der Waals surface area contributed by atoms with Gasteiger partial charge in [0.25, 0.3) is 0 Å². The van der Waals surface area contributed by atoms with Crippen molar-refractivity contribution in [1.29, 1.82) is 0 Å². The smallest absolute Gasteiger partial charge is 0.226 e. The first-order valence-corrected chi connectivity index (χ1v) is 8.43. The molecular weight excluding hydrogens is 286 g/mol. The van der Waals surface area contributed by atoms with Crippen molar-refractivity contribution in [2.75, 3.05) is 13.1 Å². The number of benzene rings is 1. The minimum absolute atomic E-state index is 0.122.